The van der Waals surface area contributed by atoms with Gasteiger partial charge in [0.05, 0.1) is 5.25 Å². The Morgan fingerprint density at radius 2 is 1.66 bits per heavy atom. The number of likely N-dealkylation sites (tertiary alicyclic amines) is 1. The molecule has 2 aliphatic rings. The first-order chi connectivity index (χ1) is 16.1. The Morgan fingerprint density at radius 3 is 2.17 bits per heavy atom. The standard InChI is InChI=1S/C22H33F3N4O5S/c1-21(2,3)34-20(30)28-11-9-15(10-12-28)29(22(23,24)25)18-13-19(27-14-26-18)33-16-5-7-17(8-6-16)35(4,31)32/h13-17H,5-12H2,1-4H3. The molecule has 13 heteroatoms. The maximum absolute atomic E-state index is 14.1. The van der Waals surface area contributed by atoms with Crippen LogP contribution in [0.4, 0.5) is 23.8 Å². The highest BCUT2D eigenvalue weighted by molar-refractivity contribution is 7.91. The Morgan fingerprint density at radius 1 is 1.06 bits per heavy atom. The highest BCUT2D eigenvalue weighted by Gasteiger charge is 2.44. The molecule has 1 saturated heterocycles. The second kappa shape index (κ2) is 10.4. The van der Waals surface area contributed by atoms with Gasteiger partial charge in [-0.25, -0.2) is 23.2 Å². The first kappa shape index (κ1) is 27.3. The monoisotopic (exact) mass is 522 g/mol. The number of carbonyl (C=O) groups is 1. The van der Waals surface area contributed by atoms with E-state index in [1.807, 2.05) is 0 Å². The van der Waals surface area contributed by atoms with Gasteiger partial charge in [-0.15, -0.1) is 0 Å². The van der Waals surface area contributed by atoms with E-state index >= 15 is 0 Å². The van der Waals surface area contributed by atoms with Crippen LogP contribution in [0.1, 0.15) is 59.3 Å². The molecule has 1 aliphatic carbocycles. The van der Waals surface area contributed by atoms with E-state index in [9.17, 15) is 26.4 Å². The molecule has 1 aliphatic heterocycles. The molecule has 1 aromatic heterocycles. The predicted octanol–water partition coefficient (Wildman–Crippen LogP) is 3.94. The van der Waals surface area contributed by atoms with Gasteiger partial charge in [-0.05, 0) is 59.3 Å². The van der Waals surface area contributed by atoms with E-state index in [1.165, 1.54) is 11.2 Å². The number of rotatable bonds is 5. The lowest BCUT2D eigenvalue weighted by molar-refractivity contribution is -0.137. The molecule has 0 bridgehead atoms. The summed E-state index contributed by atoms with van der Waals surface area (Å²) in [6, 6.07) is 0.248. The van der Waals surface area contributed by atoms with Crippen LogP contribution in [0.2, 0.25) is 0 Å². The van der Waals surface area contributed by atoms with Gasteiger partial charge in [0.1, 0.15) is 33.7 Å². The van der Waals surface area contributed by atoms with E-state index < -0.39 is 39.1 Å². The third-order valence-electron chi connectivity index (χ3n) is 6.14. The van der Waals surface area contributed by atoms with E-state index in [0.717, 1.165) is 12.4 Å². The average molecular weight is 523 g/mol. The average Bonchev–Trinajstić information content (AvgIpc) is 2.72. The topological polar surface area (TPSA) is 102 Å². The lowest BCUT2D eigenvalue weighted by atomic mass is 9.97. The quantitative estimate of drug-likeness (QED) is 0.536. The van der Waals surface area contributed by atoms with Crippen molar-refractivity contribution in [1.29, 1.82) is 0 Å². The first-order valence-electron chi connectivity index (χ1n) is 11.6. The maximum Gasteiger partial charge on any atom is 0.486 e. The summed E-state index contributed by atoms with van der Waals surface area (Å²) in [6.07, 6.45) is -1.32. The van der Waals surface area contributed by atoms with Crippen LogP contribution in [0.15, 0.2) is 12.4 Å². The maximum atomic E-state index is 14.1. The summed E-state index contributed by atoms with van der Waals surface area (Å²) in [5, 5.41) is -0.421. The third kappa shape index (κ3) is 7.58. The highest BCUT2D eigenvalue weighted by atomic mass is 32.2. The van der Waals surface area contributed by atoms with Crippen molar-refractivity contribution in [3.8, 4) is 5.88 Å². The molecule has 2 fully saturated rings. The molecule has 9 nitrogen and oxygen atoms in total. The fraction of sp³-hybridized carbons (Fsp3) is 0.773. The second-order valence-electron chi connectivity index (χ2n) is 10.1. The molecule has 1 amide bonds. The molecular formula is C22H33F3N4O5S. The van der Waals surface area contributed by atoms with Crippen LogP contribution in [0, 0.1) is 0 Å². The Kier molecular flexibility index (Phi) is 8.07. The van der Waals surface area contributed by atoms with Crippen molar-refractivity contribution in [2.24, 2.45) is 0 Å². The minimum atomic E-state index is -4.70. The van der Waals surface area contributed by atoms with Gasteiger partial charge in [-0.3, -0.25) is 4.90 Å². The minimum Gasteiger partial charge on any atom is -0.474 e. The van der Waals surface area contributed by atoms with Crippen LogP contribution < -0.4 is 9.64 Å². The van der Waals surface area contributed by atoms with E-state index in [1.54, 1.807) is 20.8 Å². The summed E-state index contributed by atoms with van der Waals surface area (Å²) in [5.41, 5.74) is -0.687. The molecule has 0 atom stereocenters. The number of carbonyl (C=O) groups excluding carboxylic acids is 1. The molecule has 198 valence electrons. The highest BCUT2D eigenvalue weighted by Crippen LogP contribution is 2.35. The molecule has 3 rings (SSSR count). The number of ether oxygens (including phenoxy) is 2. The second-order valence-corrected chi connectivity index (χ2v) is 12.4. The molecule has 35 heavy (non-hydrogen) atoms. The molecular weight excluding hydrogens is 489 g/mol. The third-order valence-corrected chi connectivity index (χ3v) is 7.83. The summed E-state index contributed by atoms with van der Waals surface area (Å²) < 4.78 is 76.8. The van der Waals surface area contributed by atoms with Gasteiger partial charge in [0.25, 0.3) is 0 Å². The van der Waals surface area contributed by atoms with E-state index in [0.29, 0.717) is 30.6 Å². The molecule has 0 aromatic carbocycles. The normalized spacial score (nSPS) is 22.5. The number of halogens is 3. The number of aromatic nitrogens is 2. The van der Waals surface area contributed by atoms with Gasteiger partial charge in [0, 0.05) is 31.5 Å². The van der Waals surface area contributed by atoms with Crippen LogP contribution in [-0.4, -0.2) is 78.0 Å². The number of amides is 1. The van der Waals surface area contributed by atoms with Gasteiger partial charge in [-0.1, -0.05) is 0 Å². The fourth-order valence-corrected chi connectivity index (χ4v) is 5.56. The minimum absolute atomic E-state index is 0.0123. The van der Waals surface area contributed by atoms with E-state index in [2.05, 4.69) is 9.97 Å². The van der Waals surface area contributed by atoms with Crippen molar-refractivity contribution in [3.05, 3.63) is 12.4 Å². The Labute approximate surface area is 203 Å². The zero-order valence-electron chi connectivity index (χ0n) is 20.4. The van der Waals surface area contributed by atoms with Gasteiger partial charge in [-0.2, -0.15) is 13.2 Å². The summed E-state index contributed by atoms with van der Waals surface area (Å²) in [7, 11) is -3.13. The van der Waals surface area contributed by atoms with Crippen molar-refractivity contribution in [2.45, 2.75) is 88.6 Å². The summed E-state index contributed by atoms with van der Waals surface area (Å²) in [4.78, 5) is 21.8. The van der Waals surface area contributed by atoms with Gasteiger partial charge < -0.3 is 14.4 Å². The first-order valence-corrected chi connectivity index (χ1v) is 13.6. The molecule has 0 radical (unpaired) electrons. The van der Waals surface area contributed by atoms with Gasteiger partial charge in [0.2, 0.25) is 5.88 Å². The zero-order valence-corrected chi connectivity index (χ0v) is 21.2. The molecule has 0 spiro atoms. The summed E-state index contributed by atoms with van der Waals surface area (Å²) >= 11 is 0. The predicted molar refractivity (Wildman–Crippen MR) is 123 cm³/mol. The van der Waals surface area contributed by atoms with Gasteiger partial charge >= 0.3 is 12.4 Å². The smallest absolute Gasteiger partial charge is 0.474 e. The van der Waals surface area contributed by atoms with Crippen LogP contribution in [-0.2, 0) is 14.6 Å². The van der Waals surface area contributed by atoms with E-state index in [4.69, 9.17) is 9.47 Å². The zero-order chi connectivity index (χ0) is 26.0. The summed E-state index contributed by atoms with van der Waals surface area (Å²) in [5.74, 6) is -0.318. The number of anilines is 1. The number of hydrogen-bond acceptors (Lipinski definition) is 8. The van der Waals surface area contributed by atoms with Crippen molar-refractivity contribution in [2.75, 3.05) is 24.2 Å². The molecule has 2 heterocycles. The number of nitrogens with zero attached hydrogens (tertiary/aromatic N) is 4. The number of sulfone groups is 1. The Balaban J connectivity index is 1.67. The fourth-order valence-electron chi connectivity index (χ4n) is 4.43. The van der Waals surface area contributed by atoms with Gasteiger partial charge in [0.15, 0.2) is 0 Å². The molecule has 1 saturated carbocycles. The van der Waals surface area contributed by atoms with Crippen LogP contribution in [0.5, 0.6) is 5.88 Å². The number of piperidine rings is 1. The lowest BCUT2D eigenvalue weighted by Crippen LogP contribution is -2.52. The van der Waals surface area contributed by atoms with E-state index in [-0.39, 0.29) is 43.7 Å². The van der Waals surface area contributed by atoms with Crippen LogP contribution in [0.25, 0.3) is 0 Å². The summed E-state index contributed by atoms with van der Waals surface area (Å²) in [6.45, 7) is 5.45. The van der Waals surface area contributed by atoms with Crippen molar-refractivity contribution in [1.82, 2.24) is 14.9 Å². The number of hydrogen-bond donors (Lipinski definition) is 0. The van der Waals surface area contributed by atoms with Crippen molar-refractivity contribution in [3.63, 3.8) is 0 Å². The van der Waals surface area contributed by atoms with Crippen molar-refractivity contribution >= 4 is 21.7 Å². The Hall–Kier alpha value is -2.31. The lowest BCUT2D eigenvalue weighted by Gasteiger charge is -2.39. The SMILES string of the molecule is CC(C)(C)OC(=O)N1CCC(N(c2cc(OC3CCC(S(C)(=O)=O)CC3)ncn2)C(F)(F)F)CC1. The van der Waals surface area contributed by atoms with Crippen LogP contribution in [0.3, 0.4) is 0 Å². The largest absolute Gasteiger partial charge is 0.486 e. The number of alkyl halides is 3. The molecule has 0 unspecified atom stereocenters. The van der Waals surface area contributed by atoms with Crippen LogP contribution >= 0.6 is 0 Å². The molecule has 0 N–H and O–H groups in total. The Bertz CT molecular complexity index is 984. The molecule has 1 aromatic rings. The van der Waals surface area contributed by atoms with Crippen molar-refractivity contribution < 1.29 is 35.9 Å².